The smallest absolute Gasteiger partial charge is 0.404 e. The molecule has 13 heavy (non-hydrogen) atoms. The second-order valence-electron chi connectivity index (χ2n) is 2.13. The molecule has 76 valence electrons. The van der Waals surface area contributed by atoms with Gasteiger partial charge in [-0.3, -0.25) is 4.99 Å². The summed E-state index contributed by atoms with van der Waals surface area (Å²) < 4.78 is 38.9. The molecule has 3 nitrogen and oxygen atoms in total. The van der Waals surface area contributed by atoms with Gasteiger partial charge in [0.15, 0.2) is 0 Å². The highest BCUT2D eigenvalue weighted by atomic mass is 19.4. The van der Waals surface area contributed by atoms with Crippen molar-refractivity contribution in [2.75, 3.05) is 6.67 Å². The first-order valence-electron chi connectivity index (χ1n) is 3.54. The van der Waals surface area contributed by atoms with Crippen molar-refractivity contribution < 1.29 is 17.9 Å². The lowest BCUT2D eigenvalue weighted by molar-refractivity contribution is -0.302. The number of rotatable bonds is 3. The molecule has 0 amide bonds. The number of nitrogens with zero attached hydrogens (tertiary/aromatic N) is 1. The van der Waals surface area contributed by atoms with Crippen molar-refractivity contribution in [2.45, 2.75) is 20.2 Å². The number of aliphatic imine (C=N–C) groups is 1. The Kier molecular flexibility index (Phi) is 4.47. The van der Waals surface area contributed by atoms with Crippen molar-refractivity contribution >= 4 is 5.71 Å². The zero-order valence-corrected chi connectivity index (χ0v) is 7.35. The van der Waals surface area contributed by atoms with Gasteiger partial charge >= 0.3 is 6.36 Å². The van der Waals surface area contributed by atoms with Gasteiger partial charge in [-0.15, -0.1) is 13.2 Å². The standard InChI is InChI=1S/C7H11F3N2O/c1-3-6(5(2)12-4-11)13-7(8,9)10/h3H,4,11H2,1-2H3/b6-3+,12-5+. The molecule has 0 rings (SSSR count). The van der Waals surface area contributed by atoms with E-state index in [1.54, 1.807) is 0 Å². The van der Waals surface area contributed by atoms with Crippen LogP contribution in [0.4, 0.5) is 13.2 Å². The Hall–Kier alpha value is -1.04. The highest BCUT2D eigenvalue weighted by Crippen LogP contribution is 2.21. The van der Waals surface area contributed by atoms with Crippen molar-refractivity contribution in [1.82, 2.24) is 0 Å². The second-order valence-corrected chi connectivity index (χ2v) is 2.13. The van der Waals surface area contributed by atoms with Crippen LogP contribution in [-0.4, -0.2) is 18.7 Å². The molecule has 0 aromatic carbocycles. The fraction of sp³-hybridized carbons (Fsp3) is 0.571. The van der Waals surface area contributed by atoms with Crippen molar-refractivity contribution in [3.63, 3.8) is 0 Å². The van der Waals surface area contributed by atoms with Gasteiger partial charge in [-0.1, -0.05) is 0 Å². The van der Waals surface area contributed by atoms with Crippen molar-refractivity contribution in [3.05, 3.63) is 11.8 Å². The summed E-state index contributed by atoms with van der Waals surface area (Å²) in [5.74, 6) is -0.321. The van der Waals surface area contributed by atoms with Gasteiger partial charge in [-0.05, 0) is 19.9 Å². The SMILES string of the molecule is C/C=C(OC(F)(F)F)\C(C)=N\CN. The largest absolute Gasteiger partial charge is 0.573 e. The lowest BCUT2D eigenvalue weighted by Crippen LogP contribution is -2.17. The number of hydrogen-bond acceptors (Lipinski definition) is 3. The Morgan fingerprint density at radius 1 is 1.54 bits per heavy atom. The molecule has 0 aliphatic rings. The molecule has 0 fully saturated rings. The van der Waals surface area contributed by atoms with E-state index in [1.165, 1.54) is 19.9 Å². The molecule has 0 saturated carbocycles. The summed E-state index contributed by atoms with van der Waals surface area (Å²) >= 11 is 0. The Morgan fingerprint density at radius 2 is 2.08 bits per heavy atom. The van der Waals surface area contributed by atoms with Gasteiger partial charge < -0.3 is 10.5 Å². The molecule has 0 aromatic rings. The maximum absolute atomic E-state index is 11.7. The van der Waals surface area contributed by atoms with Gasteiger partial charge in [0.05, 0.1) is 12.4 Å². The Bertz CT molecular complexity index is 220. The molecule has 0 aliphatic carbocycles. The first-order chi connectivity index (χ1) is 5.90. The fourth-order valence-corrected chi connectivity index (χ4v) is 0.681. The van der Waals surface area contributed by atoms with E-state index in [-0.39, 0.29) is 18.1 Å². The zero-order valence-electron chi connectivity index (χ0n) is 7.35. The molecular formula is C7H11F3N2O. The van der Waals surface area contributed by atoms with Crippen LogP contribution in [0, 0.1) is 0 Å². The average molecular weight is 196 g/mol. The number of halogens is 3. The zero-order chi connectivity index (χ0) is 10.5. The highest BCUT2D eigenvalue weighted by molar-refractivity contribution is 5.96. The van der Waals surface area contributed by atoms with Gasteiger partial charge in [0.25, 0.3) is 0 Å². The van der Waals surface area contributed by atoms with E-state index < -0.39 is 6.36 Å². The van der Waals surface area contributed by atoms with Gasteiger partial charge in [-0.25, -0.2) is 0 Å². The first kappa shape index (κ1) is 12.0. The summed E-state index contributed by atoms with van der Waals surface area (Å²) in [6.07, 6.45) is -3.50. The molecule has 2 N–H and O–H groups in total. The summed E-state index contributed by atoms with van der Waals surface area (Å²) in [4.78, 5) is 3.58. The molecule has 0 heterocycles. The second kappa shape index (κ2) is 4.86. The van der Waals surface area contributed by atoms with E-state index in [0.717, 1.165) is 0 Å². The minimum atomic E-state index is -4.69. The quantitative estimate of drug-likeness (QED) is 0.552. The minimum Gasteiger partial charge on any atom is -0.404 e. The molecule has 6 heteroatoms. The van der Waals surface area contributed by atoms with Crippen molar-refractivity contribution in [1.29, 1.82) is 0 Å². The topological polar surface area (TPSA) is 47.6 Å². The summed E-state index contributed by atoms with van der Waals surface area (Å²) in [7, 11) is 0. The predicted molar refractivity (Wildman–Crippen MR) is 43.1 cm³/mol. The van der Waals surface area contributed by atoms with Crippen LogP contribution in [0.15, 0.2) is 16.8 Å². The van der Waals surface area contributed by atoms with Crippen molar-refractivity contribution in [2.24, 2.45) is 10.7 Å². The van der Waals surface area contributed by atoms with Crippen LogP contribution in [-0.2, 0) is 4.74 Å². The number of alkyl halides is 3. The third-order valence-corrected chi connectivity index (χ3v) is 1.17. The van der Waals surface area contributed by atoms with E-state index in [0.29, 0.717) is 0 Å². The van der Waals surface area contributed by atoms with E-state index in [1.807, 2.05) is 0 Å². The van der Waals surface area contributed by atoms with Gasteiger partial charge in [0.2, 0.25) is 0 Å². The van der Waals surface area contributed by atoms with Crippen LogP contribution in [0.5, 0.6) is 0 Å². The van der Waals surface area contributed by atoms with Gasteiger partial charge in [0.1, 0.15) is 5.76 Å². The third kappa shape index (κ3) is 5.24. The minimum absolute atomic E-state index is 0.0651. The molecule has 0 aliphatic heterocycles. The Morgan fingerprint density at radius 3 is 2.38 bits per heavy atom. The molecule has 0 spiro atoms. The summed E-state index contributed by atoms with van der Waals surface area (Å²) in [6, 6.07) is 0. The summed E-state index contributed by atoms with van der Waals surface area (Å²) in [5, 5.41) is 0. The lowest BCUT2D eigenvalue weighted by atomic mass is 10.3. The molecule has 0 atom stereocenters. The van der Waals surface area contributed by atoms with Crippen LogP contribution in [0.1, 0.15) is 13.8 Å². The number of nitrogens with two attached hydrogens (primary N) is 1. The monoisotopic (exact) mass is 196 g/mol. The maximum atomic E-state index is 11.7. The first-order valence-corrected chi connectivity index (χ1v) is 3.54. The van der Waals surface area contributed by atoms with Crippen LogP contribution < -0.4 is 5.73 Å². The highest BCUT2D eigenvalue weighted by Gasteiger charge is 2.32. The average Bonchev–Trinajstić information content (AvgIpc) is 1.99. The summed E-state index contributed by atoms with van der Waals surface area (Å²) in [6.45, 7) is 2.76. The van der Waals surface area contributed by atoms with Crippen LogP contribution >= 0.6 is 0 Å². The van der Waals surface area contributed by atoms with E-state index >= 15 is 0 Å². The molecule has 0 saturated heterocycles. The molecular weight excluding hydrogens is 185 g/mol. The Balaban J connectivity index is 4.47. The number of ether oxygens (including phenoxy) is 1. The molecule has 0 unspecified atom stereocenters. The molecule has 0 bridgehead atoms. The van der Waals surface area contributed by atoms with Gasteiger partial charge in [0, 0.05) is 0 Å². The van der Waals surface area contributed by atoms with Crippen molar-refractivity contribution in [3.8, 4) is 0 Å². The lowest BCUT2D eigenvalue weighted by Gasteiger charge is -2.11. The van der Waals surface area contributed by atoms with Crippen LogP contribution in [0.3, 0.4) is 0 Å². The number of hydrogen-bond donors (Lipinski definition) is 1. The molecule has 0 aromatic heterocycles. The normalized spacial score (nSPS) is 14.6. The molecule has 0 radical (unpaired) electrons. The van der Waals surface area contributed by atoms with Gasteiger partial charge in [-0.2, -0.15) is 0 Å². The van der Waals surface area contributed by atoms with Crippen LogP contribution in [0.25, 0.3) is 0 Å². The third-order valence-electron chi connectivity index (χ3n) is 1.17. The summed E-state index contributed by atoms with van der Waals surface area (Å²) in [5.41, 5.74) is 5.16. The van der Waals surface area contributed by atoms with Crippen LogP contribution in [0.2, 0.25) is 0 Å². The predicted octanol–water partition coefficient (Wildman–Crippen LogP) is 1.80. The van der Waals surface area contributed by atoms with E-state index in [9.17, 15) is 13.2 Å². The van der Waals surface area contributed by atoms with E-state index in [4.69, 9.17) is 5.73 Å². The fourth-order valence-electron chi connectivity index (χ4n) is 0.681. The van der Waals surface area contributed by atoms with E-state index in [2.05, 4.69) is 9.73 Å². The Labute approximate surface area is 74.1 Å². The maximum Gasteiger partial charge on any atom is 0.573 e. The number of allylic oxidation sites excluding steroid dienone is 2.